The van der Waals surface area contributed by atoms with Gasteiger partial charge in [0, 0.05) is 40.2 Å². The van der Waals surface area contributed by atoms with Crippen molar-refractivity contribution in [2.75, 3.05) is 40.3 Å². The minimum Gasteiger partial charge on any atom is -0.345 e. The number of rotatable bonds is 7. The third kappa shape index (κ3) is 4.68. The Bertz CT molecular complexity index is 471. The van der Waals surface area contributed by atoms with Crippen LogP contribution in [-0.4, -0.2) is 61.9 Å². The summed E-state index contributed by atoms with van der Waals surface area (Å²) in [5.41, 5.74) is -0.524. The first-order valence-corrected chi connectivity index (χ1v) is 9.70. The van der Waals surface area contributed by atoms with Gasteiger partial charge in [-0.2, -0.15) is 0 Å². The molecule has 0 radical (unpaired) electrons. The van der Waals surface area contributed by atoms with Crippen molar-refractivity contribution in [2.45, 2.75) is 51.4 Å². The summed E-state index contributed by atoms with van der Waals surface area (Å²) in [6, 6.07) is 0. The molecule has 3 fully saturated rings. The van der Waals surface area contributed by atoms with Crippen molar-refractivity contribution in [3.05, 3.63) is 0 Å². The zero-order valence-electron chi connectivity index (χ0n) is 15.8. The molecule has 1 unspecified atom stereocenters. The molecule has 2 aliphatic carbocycles. The summed E-state index contributed by atoms with van der Waals surface area (Å²) in [4.78, 5) is 29.6. The fourth-order valence-corrected chi connectivity index (χ4v) is 4.29. The summed E-state index contributed by atoms with van der Waals surface area (Å²) >= 11 is 0. The van der Waals surface area contributed by atoms with E-state index in [9.17, 15) is 9.59 Å². The van der Waals surface area contributed by atoms with E-state index in [1.165, 1.54) is 38.5 Å². The number of halogens is 1. The second-order valence-corrected chi connectivity index (χ2v) is 8.44. The third-order valence-electron chi connectivity index (χ3n) is 6.47. The van der Waals surface area contributed by atoms with Crippen LogP contribution >= 0.6 is 12.4 Å². The van der Waals surface area contributed by atoms with Crippen LogP contribution in [0.5, 0.6) is 0 Å². The van der Waals surface area contributed by atoms with E-state index in [-0.39, 0.29) is 24.2 Å². The molecule has 3 aliphatic rings. The summed E-state index contributed by atoms with van der Waals surface area (Å²) < 4.78 is 0. The minimum atomic E-state index is -0.524. The summed E-state index contributed by atoms with van der Waals surface area (Å²) in [5, 5.41) is 3.32. The van der Waals surface area contributed by atoms with E-state index >= 15 is 0 Å². The standard InChI is InChI=1S/C19H33N3O2.ClH/c1-21(12-15-5-3-6-15)17(23)11-19(9-10-20-14-19)18(24)22(2)13-16-7-4-8-16;/h15-16,20H,3-14H2,1-2H3;1H. The molecule has 0 aromatic heterocycles. The lowest BCUT2D eigenvalue weighted by atomic mass is 9.80. The minimum absolute atomic E-state index is 0. The molecule has 2 amide bonds. The number of amides is 2. The zero-order chi connectivity index (χ0) is 17.2. The smallest absolute Gasteiger partial charge is 0.230 e. The lowest BCUT2D eigenvalue weighted by Gasteiger charge is -2.37. The maximum absolute atomic E-state index is 13.1. The van der Waals surface area contributed by atoms with Gasteiger partial charge in [-0.05, 0) is 50.5 Å². The van der Waals surface area contributed by atoms with E-state index in [1.807, 2.05) is 23.9 Å². The predicted octanol–water partition coefficient (Wildman–Crippen LogP) is 2.30. The molecule has 6 heteroatoms. The van der Waals surface area contributed by atoms with Gasteiger partial charge in [0.15, 0.2) is 0 Å². The average Bonchev–Trinajstić information content (AvgIpc) is 2.95. The maximum Gasteiger partial charge on any atom is 0.230 e. The highest BCUT2D eigenvalue weighted by atomic mass is 35.5. The van der Waals surface area contributed by atoms with Crippen molar-refractivity contribution >= 4 is 24.2 Å². The number of carbonyl (C=O) groups is 2. The lowest BCUT2D eigenvalue weighted by Crippen LogP contribution is -2.48. The van der Waals surface area contributed by atoms with Crippen LogP contribution in [0.1, 0.15) is 51.4 Å². The van der Waals surface area contributed by atoms with Gasteiger partial charge in [-0.25, -0.2) is 0 Å². The van der Waals surface area contributed by atoms with Gasteiger partial charge in [-0.1, -0.05) is 12.8 Å². The van der Waals surface area contributed by atoms with Gasteiger partial charge in [0.05, 0.1) is 5.41 Å². The molecule has 3 rings (SSSR count). The molecule has 1 atom stereocenters. The van der Waals surface area contributed by atoms with Crippen molar-refractivity contribution in [3.8, 4) is 0 Å². The normalized spacial score (nSPS) is 26.3. The topological polar surface area (TPSA) is 52.7 Å². The fourth-order valence-electron chi connectivity index (χ4n) is 4.29. The molecule has 0 spiro atoms. The number of carbonyl (C=O) groups excluding carboxylic acids is 2. The summed E-state index contributed by atoms with van der Waals surface area (Å²) in [7, 11) is 3.82. The molecule has 1 N–H and O–H groups in total. The van der Waals surface area contributed by atoms with Crippen LogP contribution < -0.4 is 5.32 Å². The molecule has 1 saturated heterocycles. The highest BCUT2D eigenvalue weighted by molar-refractivity contribution is 5.89. The van der Waals surface area contributed by atoms with Crippen LogP contribution in [0.2, 0.25) is 0 Å². The van der Waals surface area contributed by atoms with E-state index in [0.29, 0.717) is 24.8 Å². The first kappa shape index (κ1) is 20.5. The predicted molar refractivity (Wildman–Crippen MR) is 102 cm³/mol. The Morgan fingerprint density at radius 3 is 2.00 bits per heavy atom. The van der Waals surface area contributed by atoms with Gasteiger partial charge in [-0.3, -0.25) is 9.59 Å². The molecule has 0 aromatic rings. The van der Waals surface area contributed by atoms with Gasteiger partial charge >= 0.3 is 0 Å². The fraction of sp³-hybridized carbons (Fsp3) is 0.895. The molecule has 0 bridgehead atoms. The average molecular weight is 372 g/mol. The summed E-state index contributed by atoms with van der Waals surface area (Å²) in [6.07, 6.45) is 8.70. The van der Waals surface area contributed by atoms with Crippen LogP contribution in [0.4, 0.5) is 0 Å². The van der Waals surface area contributed by atoms with Crippen molar-refractivity contribution in [1.82, 2.24) is 15.1 Å². The molecular weight excluding hydrogens is 338 g/mol. The summed E-state index contributed by atoms with van der Waals surface area (Å²) in [6.45, 7) is 3.19. The van der Waals surface area contributed by atoms with Crippen LogP contribution in [0, 0.1) is 17.3 Å². The van der Waals surface area contributed by atoms with Crippen molar-refractivity contribution in [3.63, 3.8) is 0 Å². The lowest BCUT2D eigenvalue weighted by molar-refractivity contribution is -0.146. The Balaban J connectivity index is 0.00000225. The number of hydrogen-bond donors (Lipinski definition) is 1. The van der Waals surface area contributed by atoms with Gasteiger partial charge < -0.3 is 15.1 Å². The highest BCUT2D eigenvalue weighted by Gasteiger charge is 2.45. The van der Waals surface area contributed by atoms with Crippen LogP contribution in [0.15, 0.2) is 0 Å². The molecule has 1 heterocycles. The zero-order valence-corrected chi connectivity index (χ0v) is 16.6. The SMILES string of the molecule is CN(CC1CCC1)C(=O)CC1(C(=O)N(C)CC2CCC2)CCNC1.Cl. The maximum atomic E-state index is 13.1. The van der Waals surface area contributed by atoms with E-state index < -0.39 is 5.41 Å². The molecule has 144 valence electrons. The number of hydrogen-bond acceptors (Lipinski definition) is 3. The van der Waals surface area contributed by atoms with Gasteiger partial charge in [0.2, 0.25) is 11.8 Å². The Labute approximate surface area is 158 Å². The second kappa shape index (κ2) is 8.72. The number of nitrogens with zero attached hydrogens (tertiary/aromatic N) is 2. The highest BCUT2D eigenvalue weighted by Crippen LogP contribution is 2.35. The monoisotopic (exact) mass is 371 g/mol. The third-order valence-corrected chi connectivity index (χ3v) is 6.47. The van der Waals surface area contributed by atoms with Crippen molar-refractivity contribution < 1.29 is 9.59 Å². The van der Waals surface area contributed by atoms with Gasteiger partial charge in [0.25, 0.3) is 0 Å². The van der Waals surface area contributed by atoms with Crippen molar-refractivity contribution in [1.29, 1.82) is 0 Å². The molecule has 5 nitrogen and oxygen atoms in total. The van der Waals surface area contributed by atoms with E-state index in [2.05, 4.69) is 5.32 Å². The summed E-state index contributed by atoms with van der Waals surface area (Å²) in [5.74, 6) is 1.65. The molecule has 0 aromatic carbocycles. The van der Waals surface area contributed by atoms with E-state index in [4.69, 9.17) is 0 Å². The van der Waals surface area contributed by atoms with Gasteiger partial charge in [-0.15, -0.1) is 12.4 Å². The van der Waals surface area contributed by atoms with Crippen LogP contribution in [-0.2, 0) is 9.59 Å². The van der Waals surface area contributed by atoms with Crippen LogP contribution in [0.25, 0.3) is 0 Å². The van der Waals surface area contributed by atoms with Crippen LogP contribution in [0.3, 0.4) is 0 Å². The molecule has 25 heavy (non-hydrogen) atoms. The molecule has 2 saturated carbocycles. The van der Waals surface area contributed by atoms with E-state index in [1.54, 1.807) is 0 Å². The number of nitrogens with one attached hydrogen (secondary N) is 1. The van der Waals surface area contributed by atoms with Crippen molar-refractivity contribution in [2.24, 2.45) is 17.3 Å². The molecule has 1 aliphatic heterocycles. The quantitative estimate of drug-likeness (QED) is 0.747. The Hall–Kier alpha value is -0.810. The second-order valence-electron chi connectivity index (χ2n) is 8.44. The molecular formula is C19H34ClN3O2. The Morgan fingerprint density at radius 2 is 1.56 bits per heavy atom. The Morgan fingerprint density at radius 1 is 1.00 bits per heavy atom. The van der Waals surface area contributed by atoms with E-state index in [0.717, 1.165) is 26.1 Å². The first-order valence-electron chi connectivity index (χ1n) is 9.70. The van der Waals surface area contributed by atoms with Gasteiger partial charge in [0.1, 0.15) is 0 Å². The Kier molecular flexibility index (Phi) is 7.15. The first-order chi connectivity index (χ1) is 11.5. The largest absolute Gasteiger partial charge is 0.345 e.